The number of unbranched alkanes of at least 4 members (excludes halogenated alkanes) is 27. The minimum atomic E-state index is -4.74. The number of rotatable bonds is 50. The van der Waals surface area contributed by atoms with Gasteiger partial charge in [0.25, 0.3) is 0 Å². The molecule has 0 aliphatic rings. The maximum atomic E-state index is 12.8. The van der Waals surface area contributed by atoms with Crippen LogP contribution in [-0.4, -0.2) is 66.5 Å². The van der Waals surface area contributed by atoms with E-state index in [-0.39, 0.29) is 25.9 Å². The van der Waals surface area contributed by atoms with Crippen molar-refractivity contribution in [3.63, 3.8) is 0 Å². The van der Waals surface area contributed by atoms with Crippen LogP contribution in [0.1, 0.15) is 252 Å². The van der Waals surface area contributed by atoms with Crippen LogP contribution in [0.5, 0.6) is 0 Å². The summed E-state index contributed by atoms with van der Waals surface area (Å²) >= 11 is 0. The Labute approximate surface area is 403 Å². The molecule has 12 heteroatoms. The van der Waals surface area contributed by atoms with Gasteiger partial charge in [0.15, 0.2) is 6.10 Å². The maximum Gasteiger partial charge on any atom is 0.472 e. The summed E-state index contributed by atoms with van der Waals surface area (Å²) < 4.78 is 39.3. The summed E-state index contributed by atoms with van der Waals surface area (Å²) in [6.07, 6.45) is 48.2. The molecule has 2 N–H and O–H groups in total. The molecule has 0 radical (unpaired) electrons. The van der Waals surface area contributed by atoms with E-state index in [2.05, 4.69) is 57.2 Å². The van der Waals surface area contributed by atoms with Gasteiger partial charge in [0.05, 0.1) is 19.8 Å². The highest BCUT2D eigenvalue weighted by atomic mass is 31.2. The van der Waals surface area contributed by atoms with Gasteiger partial charge >= 0.3 is 25.7 Å². The van der Waals surface area contributed by atoms with Crippen molar-refractivity contribution in [2.45, 2.75) is 264 Å². The average molecular weight is 955 g/mol. The third kappa shape index (κ3) is 46.8. The first-order valence-corrected chi connectivity index (χ1v) is 28.4. The molecule has 0 fully saturated rings. The minimum absolute atomic E-state index is 0.161. The van der Waals surface area contributed by atoms with E-state index in [1.165, 1.54) is 96.3 Å². The van der Waals surface area contributed by atoms with E-state index < -0.39 is 57.8 Å². The number of allylic oxidation sites excluding steroid dienone is 6. The summed E-state index contributed by atoms with van der Waals surface area (Å²) in [5.41, 5.74) is 0. The Bertz CT molecular complexity index is 1250. The molecule has 0 saturated carbocycles. The monoisotopic (exact) mass is 955 g/mol. The van der Waals surface area contributed by atoms with Crippen molar-refractivity contribution in [2.75, 3.05) is 26.4 Å². The molecule has 0 aromatic rings. The first-order chi connectivity index (χ1) is 32.2. The van der Waals surface area contributed by atoms with E-state index in [0.717, 1.165) is 96.3 Å². The highest BCUT2D eigenvalue weighted by Gasteiger charge is 2.28. The van der Waals surface area contributed by atoms with Gasteiger partial charge in [0, 0.05) is 19.3 Å². The van der Waals surface area contributed by atoms with Gasteiger partial charge in [-0.25, -0.2) is 4.57 Å². The van der Waals surface area contributed by atoms with Crippen LogP contribution < -0.4 is 0 Å². The Morgan fingerprint density at radius 1 is 0.424 bits per heavy atom. The predicted octanol–water partition coefficient (Wildman–Crippen LogP) is 15.3. The molecule has 0 rings (SSSR count). The van der Waals surface area contributed by atoms with Crippen molar-refractivity contribution in [1.82, 2.24) is 0 Å². The summed E-state index contributed by atoms with van der Waals surface area (Å²) in [4.78, 5) is 48.3. The quantitative estimate of drug-likeness (QED) is 0.0197. The number of aliphatic hydroxyl groups is 1. The molecule has 11 nitrogen and oxygen atoms in total. The molecule has 0 aromatic heterocycles. The summed E-state index contributed by atoms with van der Waals surface area (Å²) in [6.45, 7) is 4.56. The number of carbonyl (C=O) groups excluding carboxylic acids is 3. The van der Waals surface area contributed by atoms with Gasteiger partial charge in [-0.3, -0.25) is 23.4 Å². The van der Waals surface area contributed by atoms with Crippen molar-refractivity contribution in [2.24, 2.45) is 0 Å². The second-order valence-electron chi connectivity index (χ2n) is 18.0. The van der Waals surface area contributed by atoms with Crippen molar-refractivity contribution < 1.29 is 52.2 Å². The average Bonchev–Trinajstić information content (AvgIpc) is 3.30. The number of hydrogen-bond acceptors (Lipinski definition) is 10. The number of carbonyl (C=O) groups is 3. The second-order valence-corrected chi connectivity index (χ2v) is 19.5. The lowest BCUT2D eigenvalue weighted by Gasteiger charge is -2.21. The van der Waals surface area contributed by atoms with Crippen LogP contribution in [0.4, 0.5) is 0 Å². The molecule has 0 aliphatic heterocycles. The fourth-order valence-electron chi connectivity index (χ4n) is 7.37. The number of esters is 3. The molecule has 0 aliphatic carbocycles. The van der Waals surface area contributed by atoms with Crippen LogP contribution in [0.15, 0.2) is 36.5 Å². The van der Waals surface area contributed by atoms with E-state index in [0.29, 0.717) is 19.3 Å². The molecule has 66 heavy (non-hydrogen) atoms. The van der Waals surface area contributed by atoms with Crippen molar-refractivity contribution >= 4 is 25.7 Å². The summed E-state index contributed by atoms with van der Waals surface area (Å²) in [5.74, 6) is -1.47. The maximum absolute atomic E-state index is 12.8. The van der Waals surface area contributed by atoms with Crippen LogP contribution in [0, 0.1) is 0 Å². The van der Waals surface area contributed by atoms with E-state index in [1.54, 1.807) is 0 Å². The van der Waals surface area contributed by atoms with Crippen LogP contribution in [0.2, 0.25) is 0 Å². The van der Waals surface area contributed by atoms with E-state index in [9.17, 15) is 28.9 Å². The zero-order valence-corrected chi connectivity index (χ0v) is 43.3. The third-order valence-electron chi connectivity index (χ3n) is 11.5. The van der Waals surface area contributed by atoms with E-state index in [1.807, 2.05) is 0 Å². The molecule has 0 bridgehead atoms. The number of ether oxygens (including phenoxy) is 3. The SMILES string of the molecule is CCCC/C=C\CCCCCCCC(=O)OC(CO)COP(=O)(O)OCC(COC(=O)CCCCCCCCCCCCC)OC(=O)CCCCCCCCC/C=C\C/C=C\CCCCC. The summed E-state index contributed by atoms with van der Waals surface area (Å²) in [7, 11) is -4.74. The molecule has 0 amide bonds. The van der Waals surface area contributed by atoms with Gasteiger partial charge in [0.2, 0.25) is 0 Å². The van der Waals surface area contributed by atoms with Crippen molar-refractivity contribution in [1.29, 1.82) is 0 Å². The summed E-state index contributed by atoms with van der Waals surface area (Å²) in [5, 5.41) is 9.76. The lowest BCUT2D eigenvalue weighted by Crippen LogP contribution is -2.30. The van der Waals surface area contributed by atoms with Crippen LogP contribution in [-0.2, 0) is 42.2 Å². The van der Waals surface area contributed by atoms with E-state index >= 15 is 0 Å². The van der Waals surface area contributed by atoms with Gasteiger partial charge in [-0.2, -0.15) is 0 Å². The number of phosphoric acid groups is 1. The molecule has 0 spiro atoms. The number of aliphatic hydroxyl groups excluding tert-OH is 1. The largest absolute Gasteiger partial charge is 0.472 e. The van der Waals surface area contributed by atoms with E-state index in [4.69, 9.17) is 23.3 Å². The fraction of sp³-hybridized carbons (Fsp3) is 0.833. The Kier molecular flexibility index (Phi) is 47.4. The summed E-state index contributed by atoms with van der Waals surface area (Å²) in [6, 6.07) is 0. The van der Waals surface area contributed by atoms with Gasteiger partial charge in [-0.05, 0) is 70.6 Å². The second kappa shape index (κ2) is 49.1. The number of phosphoric ester groups is 1. The Balaban J connectivity index is 4.72. The molecule has 0 heterocycles. The van der Waals surface area contributed by atoms with Gasteiger partial charge in [-0.15, -0.1) is 0 Å². The van der Waals surface area contributed by atoms with Gasteiger partial charge < -0.3 is 24.2 Å². The molecule has 0 saturated heterocycles. The normalized spacial score (nSPS) is 13.7. The Morgan fingerprint density at radius 2 is 0.758 bits per heavy atom. The minimum Gasteiger partial charge on any atom is -0.462 e. The van der Waals surface area contributed by atoms with Crippen LogP contribution >= 0.6 is 7.82 Å². The third-order valence-corrected chi connectivity index (χ3v) is 12.5. The van der Waals surface area contributed by atoms with Crippen molar-refractivity contribution in [3.05, 3.63) is 36.5 Å². The van der Waals surface area contributed by atoms with Gasteiger partial charge in [-0.1, -0.05) is 198 Å². The Hall–Kier alpha value is -2.30. The van der Waals surface area contributed by atoms with Crippen molar-refractivity contribution in [3.8, 4) is 0 Å². The first-order valence-electron chi connectivity index (χ1n) is 26.9. The lowest BCUT2D eigenvalue weighted by molar-refractivity contribution is -0.161. The topological polar surface area (TPSA) is 155 Å². The molecular weight excluding hydrogens is 856 g/mol. The Morgan fingerprint density at radius 3 is 1.21 bits per heavy atom. The lowest BCUT2D eigenvalue weighted by atomic mass is 10.1. The molecule has 3 atom stereocenters. The standard InChI is InChI=1S/C54H99O11P/c1-4-7-10-13-16-19-22-23-24-25-26-27-30-33-36-39-42-45-54(58)65-51(47-61-52(56)43-40-37-34-31-28-20-17-14-11-8-5-2)49-63-66(59,60)62-48-50(46-55)64-53(57)44-41-38-35-32-29-21-18-15-12-9-6-3/h15-16,18-19,23-24,50-51,55H,4-14,17,20-22,25-49H2,1-3H3,(H,59,60)/b18-15-,19-16-,24-23-. The molecule has 386 valence electrons. The molecule has 3 unspecified atom stereocenters. The number of hydrogen-bond donors (Lipinski definition) is 2. The highest BCUT2D eigenvalue weighted by Crippen LogP contribution is 2.43. The smallest absolute Gasteiger partial charge is 0.462 e. The zero-order chi connectivity index (χ0) is 48.4. The molecule has 0 aromatic carbocycles. The van der Waals surface area contributed by atoms with Gasteiger partial charge in [0.1, 0.15) is 12.7 Å². The highest BCUT2D eigenvalue weighted by molar-refractivity contribution is 7.47. The van der Waals surface area contributed by atoms with Crippen LogP contribution in [0.3, 0.4) is 0 Å². The predicted molar refractivity (Wildman–Crippen MR) is 270 cm³/mol. The zero-order valence-electron chi connectivity index (χ0n) is 42.4. The molecular formula is C54H99O11P. The van der Waals surface area contributed by atoms with Crippen LogP contribution in [0.25, 0.3) is 0 Å². The first kappa shape index (κ1) is 63.7. The fourth-order valence-corrected chi connectivity index (χ4v) is 8.15.